The van der Waals surface area contributed by atoms with Gasteiger partial charge in [-0.1, -0.05) is 28.2 Å². The molecular weight excluding hydrogens is 170 g/mol. The van der Waals surface area contributed by atoms with Gasteiger partial charge in [0.05, 0.1) is 26.2 Å². The summed E-state index contributed by atoms with van der Waals surface area (Å²) in [6.07, 6.45) is 0. The third-order valence-corrected chi connectivity index (χ3v) is 5.28. The maximum atomic E-state index is 2.42. The van der Waals surface area contributed by atoms with E-state index in [2.05, 4.69) is 48.7 Å². The fourth-order valence-electron chi connectivity index (χ4n) is 2.94. The van der Waals surface area contributed by atoms with Crippen LogP contribution in [0.15, 0.2) is 0 Å². The van der Waals surface area contributed by atoms with E-state index < -0.39 is 0 Å². The molecular formula is C13H30N+. The predicted molar refractivity (Wildman–Crippen MR) is 65.3 cm³/mol. The number of hydrogen-bond acceptors (Lipinski definition) is 0. The third kappa shape index (κ3) is 1.84. The molecule has 0 spiro atoms. The van der Waals surface area contributed by atoms with Crippen LogP contribution in [0.3, 0.4) is 0 Å². The second kappa shape index (κ2) is 4.22. The zero-order chi connectivity index (χ0) is 10.4. The van der Waals surface area contributed by atoms with Gasteiger partial charge in [0, 0.05) is 11.8 Å². The van der Waals surface area contributed by atoms with Crippen molar-refractivity contribution in [2.45, 2.75) is 54.1 Å². The number of hydrogen-bond donors (Lipinski definition) is 0. The Morgan fingerprint density at radius 3 is 1.21 bits per heavy atom. The van der Waals surface area contributed by atoms with Gasteiger partial charge in [-0.2, -0.15) is 0 Å². The fraction of sp³-hybridized carbons (Fsp3) is 1.00. The number of rotatable bonds is 0. The predicted octanol–water partition coefficient (Wildman–Crippen LogP) is 3.40. The van der Waals surface area contributed by atoms with Crippen molar-refractivity contribution in [2.24, 2.45) is 17.8 Å². The molecule has 0 aromatic heterocycles. The minimum atomic E-state index is 0. The van der Waals surface area contributed by atoms with Crippen molar-refractivity contribution in [1.82, 2.24) is 0 Å². The summed E-state index contributed by atoms with van der Waals surface area (Å²) in [7, 11) is 4.77. The van der Waals surface area contributed by atoms with E-state index in [-0.39, 0.29) is 7.43 Å². The van der Waals surface area contributed by atoms with E-state index in [1.54, 1.807) is 0 Å². The third-order valence-electron chi connectivity index (χ3n) is 5.28. The lowest BCUT2D eigenvalue weighted by molar-refractivity contribution is -0.949. The average Bonchev–Trinajstić information content (AvgIpc) is 2.09. The fourth-order valence-corrected chi connectivity index (χ4v) is 2.94. The van der Waals surface area contributed by atoms with Crippen LogP contribution in [0.5, 0.6) is 0 Å². The first-order valence-electron chi connectivity index (χ1n) is 5.63. The highest BCUT2D eigenvalue weighted by molar-refractivity contribution is 4.82. The van der Waals surface area contributed by atoms with Crippen LogP contribution in [-0.4, -0.2) is 30.7 Å². The molecule has 1 aliphatic heterocycles. The van der Waals surface area contributed by atoms with Crippen LogP contribution in [0.4, 0.5) is 0 Å². The average molecular weight is 200 g/mol. The highest BCUT2D eigenvalue weighted by atomic mass is 15.4. The zero-order valence-corrected chi connectivity index (χ0v) is 10.3. The minimum Gasteiger partial charge on any atom is -0.324 e. The van der Waals surface area contributed by atoms with E-state index in [0.29, 0.717) is 0 Å². The molecule has 0 N–H and O–H groups in total. The molecule has 0 amide bonds. The molecule has 4 unspecified atom stereocenters. The molecule has 0 saturated carbocycles. The Kier molecular flexibility index (Phi) is 4.21. The van der Waals surface area contributed by atoms with Crippen molar-refractivity contribution in [3.05, 3.63) is 0 Å². The van der Waals surface area contributed by atoms with E-state index in [4.69, 9.17) is 0 Å². The smallest absolute Gasteiger partial charge is 0.0888 e. The standard InChI is InChI=1S/C12H26N.CH4/c1-8-9(2)11(4)13(6,7)12(5)10(8)3;/h8-12H,1-7H3;1H4/q+1;. The Balaban J connectivity index is 0.00000169. The van der Waals surface area contributed by atoms with Gasteiger partial charge in [-0.15, -0.1) is 0 Å². The summed E-state index contributed by atoms with van der Waals surface area (Å²) in [4.78, 5) is 0. The van der Waals surface area contributed by atoms with E-state index in [1.165, 1.54) is 4.48 Å². The van der Waals surface area contributed by atoms with E-state index >= 15 is 0 Å². The molecule has 1 heteroatoms. The van der Waals surface area contributed by atoms with Crippen LogP contribution in [-0.2, 0) is 0 Å². The summed E-state index contributed by atoms with van der Waals surface area (Å²) in [6, 6.07) is 1.59. The van der Waals surface area contributed by atoms with Gasteiger partial charge in [0.25, 0.3) is 0 Å². The molecule has 1 fully saturated rings. The molecule has 0 aliphatic carbocycles. The van der Waals surface area contributed by atoms with E-state index in [0.717, 1.165) is 29.8 Å². The Morgan fingerprint density at radius 1 is 0.643 bits per heavy atom. The molecule has 0 aromatic rings. The maximum Gasteiger partial charge on any atom is 0.0888 e. The quantitative estimate of drug-likeness (QED) is 0.526. The molecule has 1 heterocycles. The van der Waals surface area contributed by atoms with Crippen molar-refractivity contribution in [3.8, 4) is 0 Å². The highest BCUT2D eigenvalue weighted by Crippen LogP contribution is 2.39. The first kappa shape index (κ1) is 14.0. The van der Waals surface area contributed by atoms with Gasteiger partial charge in [-0.05, 0) is 19.8 Å². The molecule has 1 rings (SSSR count). The van der Waals surface area contributed by atoms with Gasteiger partial charge in [-0.25, -0.2) is 0 Å². The summed E-state index contributed by atoms with van der Waals surface area (Å²) in [5.41, 5.74) is 0. The molecule has 1 nitrogen and oxygen atoms in total. The van der Waals surface area contributed by atoms with E-state index in [9.17, 15) is 0 Å². The Labute approximate surface area is 91.1 Å². The summed E-state index contributed by atoms with van der Waals surface area (Å²) in [6.45, 7) is 12.1. The zero-order valence-electron chi connectivity index (χ0n) is 10.3. The van der Waals surface area contributed by atoms with Crippen molar-refractivity contribution in [3.63, 3.8) is 0 Å². The molecule has 14 heavy (non-hydrogen) atoms. The lowest BCUT2D eigenvalue weighted by Crippen LogP contribution is -2.63. The molecule has 1 saturated heterocycles. The van der Waals surface area contributed by atoms with Crippen molar-refractivity contribution in [2.75, 3.05) is 14.1 Å². The van der Waals surface area contributed by atoms with Gasteiger partial charge < -0.3 is 4.48 Å². The van der Waals surface area contributed by atoms with Crippen LogP contribution in [0, 0.1) is 17.8 Å². The second-order valence-electron chi connectivity index (χ2n) is 5.69. The SMILES string of the molecule is C.CC1C(C)C(C)[N+](C)(C)C(C)C1C. The summed E-state index contributed by atoms with van der Waals surface area (Å²) in [5, 5.41) is 0. The second-order valence-corrected chi connectivity index (χ2v) is 5.69. The van der Waals surface area contributed by atoms with Crippen LogP contribution in [0.1, 0.15) is 42.0 Å². The maximum absolute atomic E-state index is 2.42. The van der Waals surface area contributed by atoms with Crippen LogP contribution < -0.4 is 0 Å². The lowest BCUT2D eigenvalue weighted by atomic mass is 9.72. The molecule has 0 aromatic carbocycles. The summed E-state index contributed by atoms with van der Waals surface area (Å²) >= 11 is 0. The normalized spacial score (nSPS) is 46.9. The number of quaternary nitrogens is 1. The van der Waals surface area contributed by atoms with Gasteiger partial charge in [0.1, 0.15) is 0 Å². The molecule has 4 atom stereocenters. The largest absolute Gasteiger partial charge is 0.324 e. The van der Waals surface area contributed by atoms with Crippen molar-refractivity contribution >= 4 is 0 Å². The van der Waals surface area contributed by atoms with Crippen molar-refractivity contribution in [1.29, 1.82) is 0 Å². The lowest BCUT2D eigenvalue weighted by Gasteiger charge is -2.53. The molecule has 86 valence electrons. The number of nitrogens with zero attached hydrogens (tertiary/aromatic N) is 1. The highest BCUT2D eigenvalue weighted by Gasteiger charge is 2.46. The minimum absolute atomic E-state index is 0. The topological polar surface area (TPSA) is 0 Å². The van der Waals surface area contributed by atoms with Gasteiger partial charge in [-0.3, -0.25) is 0 Å². The van der Waals surface area contributed by atoms with E-state index in [1.807, 2.05) is 0 Å². The van der Waals surface area contributed by atoms with Crippen LogP contribution in [0.2, 0.25) is 0 Å². The summed E-state index contributed by atoms with van der Waals surface area (Å²) in [5.74, 6) is 2.57. The first-order chi connectivity index (χ1) is 5.80. The molecule has 0 bridgehead atoms. The van der Waals surface area contributed by atoms with Crippen molar-refractivity contribution < 1.29 is 4.48 Å². The Bertz CT molecular complexity index is 168. The van der Waals surface area contributed by atoms with Gasteiger partial charge >= 0.3 is 0 Å². The molecule has 0 radical (unpaired) electrons. The number of piperidine rings is 1. The Hall–Kier alpha value is -0.0400. The monoisotopic (exact) mass is 200 g/mol. The van der Waals surface area contributed by atoms with Gasteiger partial charge in [0.2, 0.25) is 0 Å². The summed E-state index contributed by atoms with van der Waals surface area (Å²) < 4.78 is 1.19. The first-order valence-corrected chi connectivity index (χ1v) is 5.63. The van der Waals surface area contributed by atoms with Crippen LogP contribution in [0.25, 0.3) is 0 Å². The number of likely N-dealkylation sites (tertiary alicyclic amines) is 1. The Morgan fingerprint density at radius 2 is 0.929 bits per heavy atom. The van der Waals surface area contributed by atoms with Crippen LogP contribution >= 0.6 is 0 Å². The van der Waals surface area contributed by atoms with Gasteiger partial charge in [0.15, 0.2) is 0 Å². The molecule has 1 aliphatic rings.